The van der Waals surface area contributed by atoms with E-state index in [4.69, 9.17) is 9.47 Å². The first-order valence-electron chi connectivity index (χ1n) is 9.22. The lowest BCUT2D eigenvalue weighted by Gasteiger charge is -2.31. The molecule has 0 radical (unpaired) electrons. The van der Waals surface area contributed by atoms with E-state index in [1.165, 1.54) is 0 Å². The fourth-order valence-electron chi connectivity index (χ4n) is 2.69. The van der Waals surface area contributed by atoms with E-state index in [2.05, 4.69) is 15.5 Å². The number of alkyl carbamates (subject to hydrolysis) is 1. The third-order valence-corrected chi connectivity index (χ3v) is 4.19. The molecule has 3 atom stereocenters. The number of carbonyl (C=O) groups is 2. The lowest BCUT2D eigenvalue weighted by Crippen LogP contribution is -2.55. The molecule has 0 aromatic rings. The van der Waals surface area contributed by atoms with Gasteiger partial charge in [-0.25, -0.2) is 4.79 Å². The molecular weight excluding hydrogens is 322 g/mol. The molecular formula is C18H35N3O4. The largest absolute Gasteiger partial charge is 0.444 e. The van der Waals surface area contributed by atoms with Crippen molar-refractivity contribution in [3.05, 3.63) is 0 Å². The molecule has 2 unspecified atom stereocenters. The molecule has 0 saturated carbocycles. The minimum atomic E-state index is -0.605. The van der Waals surface area contributed by atoms with Crippen molar-refractivity contribution in [2.24, 2.45) is 5.92 Å². The highest BCUT2D eigenvalue weighted by molar-refractivity contribution is 5.86. The molecule has 1 saturated heterocycles. The molecule has 0 aromatic heterocycles. The van der Waals surface area contributed by atoms with Crippen LogP contribution in [0.2, 0.25) is 0 Å². The van der Waals surface area contributed by atoms with Gasteiger partial charge in [-0.05, 0) is 33.6 Å². The molecule has 0 spiro atoms. The minimum Gasteiger partial charge on any atom is -0.444 e. The van der Waals surface area contributed by atoms with Crippen LogP contribution in [0, 0.1) is 5.92 Å². The Hall–Kier alpha value is -1.34. The topological polar surface area (TPSA) is 79.9 Å². The highest BCUT2D eigenvalue weighted by Crippen LogP contribution is 2.11. The predicted molar refractivity (Wildman–Crippen MR) is 97.5 cm³/mol. The van der Waals surface area contributed by atoms with E-state index < -0.39 is 17.7 Å². The van der Waals surface area contributed by atoms with E-state index in [0.717, 1.165) is 39.3 Å². The van der Waals surface area contributed by atoms with Crippen molar-refractivity contribution in [3.63, 3.8) is 0 Å². The van der Waals surface area contributed by atoms with E-state index in [0.29, 0.717) is 0 Å². The Morgan fingerprint density at radius 2 is 1.76 bits per heavy atom. The van der Waals surface area contributed by atoms with Crippen molar-refractivity contribution in [1.82, 2.24) is 15.5 Å². The summed E-state index contributed by atoms with van der Waals surface area (Å²) in [4.78, 5) is 27.0. The summed E-state index contributed by atoms with van der Waals surface area (Å²) in [5.41, 5.74) is -0.593. The van der Waals surface area contributed by atoms with E-state index in [9.17, 15) is 9.59 Å². The number of nitrogens with zero attached hydrogens (tertiary/aromatic N) is 1. The van der Waals surface area contributed by atoms with Crippen molar-refractivity contribution < 1.29 is 19.1 Å². The third kappa shape index (κ3) is 8.54. The minimum absolute atomic E-state index is 0.00223. The van der Waals surface area contributed by atoms with Gasteiger partial charge in [0.25, 0.3) is 0 Å². The maximum atomic E-state index is 12.7. The summed E-state index contributed by atoms with van der Waals surface area (Å²) < 4.78 is 10.6. The Labute approximate surface area is 151 Å². The Morgan fingerprint density at radius 1 is 1.16 bits per heavy atom. The zero-order chi connectivity index (χ0) is 19.0. The van der Waals surface area contributed by atoms with Gasteiger partial charge in [0.05, 0.1) is 13.2 Å². The third-order valence-electron chi connectivity index (χ3n) is 4.19. The first-order valence-corrected chi connectivity index (χ1v) is 9.22. The maximum absolute atomic E-state index is 12.7. The number of hydrogen-bond acceptors (Lipinski definition) is 5. The molecule has 1 rings (SSSR count). The quantitative estimate of drug-likeness (QED) is 0.726. The number of ether oxygens (including phenoxy) is 2. The van der Waals surface area contributed by atoms with Gasteiger partial charge in [0, 0.05) is 25.7 Å². The zero-order valence-electron chi connectivity index (χ0n) is 16.6. The van der Waals surface area contributed by atoms with Crippen molar-refractivity contribution in [2.75, 3.05) is 32.8 Å². The van der Waals surface area contributed by atoms with Gasteiger partial charge in [-0.1, -0.05) is 20.3 Å². The summed E-state index contributed by atoms with van der Waals surface area (Å²) in [7, 11) is 0. The fraction of sp³-hybridized carbons (Fsp3) is 0.889. The highest BCUT2D eigenvalue weighted by Gasteiger charge is 2.29. The second kappa shape index (κ2) is 9.97. The lowest BCUT2D eigenvalue weighted by atomic mass is 9.98. The van der Waals surface area contributed by atoms with E-state index in [-0.39, 0.29) is 17.9 Å². The number of morpholine rings is 1. The zero-order valence-corrected chi connectivity index (χ0v) is 16.6. The standard InChI is InChI=1S/C18H35N3O4/c1-7-13(2)15(20-17(23)25-18(4,5)6)16(22)19-14(3)12-21-8-10-24-11-9-21/h13-15H,7-12H2,1-6H3,(H,19,22)(H,20,23)/t13-,14?,15?/m0/s1. The number of hydrogen-bond donors (Lipinski definition) is 2. The number of amides is 2. The summed E-state index contributed by atoms with van der Waals surface area (Å²) in [6.07, 6.45) is 0.222. The van der Waals surface area contributed by atoms with Crippen molar-refractivity contribution >= 4 is 12.0 Å². The molecule has 1 heterocycles. The van der Waals surface area contributed by atoms with E-state index >= 15 is 0 Å². The molecule has 1 aliphatic rings. The van der Waals surface area contributed by atoms with Crippen molar-refractivity contribution in [2.45, 2.75) is 65.6 Å². The molecule has 25 heavy (non-hydrogen) atoms. The Kier molecular flexibility index (Phi) is 8.65. The molecule has 0 aromatic carbocycles. The van der Waals surface area contributed by atoms with E-state index in [1.54, 1.807) is 20.8 Å². The van der Waals surface area contributed by atoms with Crippen LogP contribution in [0.25, 0.3) is 0 Å². The van der Waals surface area contributed by atoms with Crippen molar-refractivity contribution in [3.8, 4) is 0 Å². The Balaban J connectivity index is 2.58. The molecule has 2 N–H and O–H groups in total. The Morgan fingerprint density at radius 3 is 2.28 bits per heavy atom. The molecule has 0 bridgehead atoms. The summed E-state index contributed by atoms with van der Waals surface area (Å²) in [6, 6.07) is -0.607. The molecule has 1 aliphatic heterocycles. The Bertz CT molecular complexity index is 431. The second-order valence-corrected chi connectivity index (χ2v) is 7.83. The average Bonchev–Trinajstić information content (AvgIpc) is 2.50. The van der Waals surface area contributed by atoms with Gasteiger partial charge in [0.2, 0.25) is 5.91 Å². The summed E-state index contributed by atoms with van der Waals surface area (Å²) in [6.45, 7) is 15.3. The smallest absolute Gasteiger partial charge is 0.408 e. The molecule has 146 valence electrons. The van der Waals surface area contributed by atoms with Crippen LogP contribution >= 0.6 is 0 Å². The van der Waals surface area contributed by atoms with Crippen LogP contribution < -0.4 is 10.6 Å². The average molecular weight is 357 g/mol. The van der Waals surface area contributed by atoms with Crippen LogP contribution in [0.1, 0.15) is 48.0 Å². The van der Waals surface area contributed by atoms with Crippen molar-refractivity contribution in [1.29, 1.82) is 0 Å². The normalized spacial score (nSPS) is 19.6. The number of carbonyl (C=O) groups excluding carboxylic acids is 2. The molecule has 0 aliphatic carbocycles. The molecule has 1 fully saturated rings. The van der Waals surface area contributed by atoms with Crippen LogP contribution in [0.3, 0.4) is 0 Å². The van der Waals surface area contributed by atoms with Crippen LogP contribution in [0.4, 0.5) is 4.79 Å². The van der Waals surface area contributed by atoms with Crippen LogP contribution in [-0.4, -0.2) is 67.4 Å². The van der Waals surface area contributed by atoms with Gasteiger partial charge in [-0.2, -0.15) is 0 Å². The second-order valence-electron chi connectivity index (χ2n) is 7.83. The van der Waals surface area contributed by atoms with E-state index in [1.807, 2.05) is 20.8 Å². The highest BCUT2D eigenvalue weighted by atomic mass is 16.6. The SMILES string of the molecule is CC[C@H](C)C(NC(=O)OC(C)(C)C)C(=O)NC(C)CN1CCOCC1. The van der Waals surface area contributed by atoms with Gasteiger partial charge in [0.1, 0.15) is 11.6 Å². The molecule has 2 amide bonds. The van der Waals surface area contributed by atoms with Gasteiger partial charge in [0.15, 0.2) is 0 Å². The summed E-state index contributed by atoms with van der Waals surface area (Å²) in [5, 5.41) is 5.75. The van der Waals surface area contributed by atoms with Crippen LogP contribution in [0.15, 0.2) is 0 Å². The number of rotatable bonds is 7. The molecule has 7 heteroatoms. The number of nitrogens with one attached hydrogen (secondary N) is 2. The first kappa shape index (κ1) is 21.7. The summed E-state index contributed by atoms with van der Waals surface area (Å²) >= 11 is 0. The monoisotopic (exact) mass is 357 g/mol. The van der Waals surface area contributed by atoms with Crippen LogP contribution in [0.5, 0.6) is 0 Å². The summed E-state index contributed by atoms with van der Waals surface area (Å²) in [5.74, 6) is -0.149. The fourth-order valence-corrected chi connectivity index (χ4v) is 2.69. The van der Waals surface area contributed by atoms with Gasteiger partial charge in [-0.3, -0.25) is 9.69 Å². The van der Waals surface area contributed by atoms with Crippen LogP contribution in [-0.2, 0) is 14.3 Å². The maximum Gasteiger partial charge on any atom is 0.408 e. The first-order chi connectivity index (χ1) is 11.6. The van der Waals surface area contributed by atoms with Gasteiger partial charge >= 0.3 is 6.09 Å². The molecule has 7 nitrogen and oxygen atoms in total. The van der Waals surface area contributed by atoms with Gasteiger partial charge in [-0.15, -0.1) is 0 Å². The predicted octanol–water partition coefficient (Wildman–Crippen LogP) is 1.76. The van der Waals surface area contributed by atoms with Gasteiger partial charge < -0.3 is 20.1 Å². The lowest BCUT2D eigenvalue weighted by molar-refractivity contribution is -0.125.